The molecule has 0 spiro atoms. The number of aromatic nitrogens is 1. The number of carbonyl (C=O) groups excluding carboxylic acids is 1. The zero-order valence-corrected chi connectivity index (χ0v) is 22.0. The number of benzene rings is 2. The van der Waals surface area contributed by atoms with Gasteiger partial charge in [-0.25, -0.2) is 8.42 Å². The van der Waals surface area contributed by atoms with E-state index < -0.39 is 10.0 Å². The molecule has 0 radical (unpaired) electrons. The molecule has 0 saturated carbocycles. The van der Waals surface area contributed by atoms with Gasteiger partial charge < -0.3 is 4.57 Å². The standard InChI is InChI=1S/C26H33N3O3S2/c1-5-14-29-23-11-8-21(18(2)3)17-24(23)33-26(29)27-25(30)20-6-9-22(10-7-20)34(31,32)28-15-12-19(4)13-16-28/h6-11,17-19H,5,12-16H2,1-4H3. The second-order valence-corrected chi connectivity index (χ2v) is 12.4. The van der Waals surface area contributed by atoms with E-state index in [0.29, 0.717) is 35.3 Å². The Balaban J connectivity index is 1.63. The molecule has 4 rings (SSSR count). The van der Waals surface area contributed by atoms with Crippen LogP contribution in [-0.2, 0) is 16.6 Å². The molecule has 0 N–H and O–H groups in total. The van der Waals surface area contributed by atoms with Crippen LogP contribution < -0.4 is 4.80 Å². The van der Waals surface area contributed by atoms with Crippen LogP contribution in [-0.4, -0.2) is 36.3 Å². The highest BCUT2D eigenvalue weighted by molar-refractivity contribution is 7.89. The van der Waals surface area contributed by atoms with Crippen LogP contribution in [0.2, 0.25) is 0 Å². The van der Waals surface area contributed by atoms with E-state index in [1.807, 2.05) is 0 Å². The number of amides is 1. The second kappa shape index (κ2) is 10.1. The SMILES string of the molecule is CCCn1c(=NC(=O)c2ccc(S(=O)(=O)N3CCC(C)CC3)cc2)sc2cc(C(C)C)ccc21. The Hall–Kier alpha value is -2.29. The molecule has 34 heavy (non-hydrogen) atoms. The summed E-state index contributed by atoms with van der Waals surface area (Å²) in [5.41, 5.74) is 2.73. The number of aryl methyl sites for hydroxylation is 1. The number of rotatable bonds is 6. The topological polar surface area (TPSA) is 71.7 Å². The van der Waals surface area contributed by atoms with Crippen LogP contribution in [0.5, 0.6) is 0 Å². The molecular formula is C26H33N3O3S2. The maximum absolute atomic E-state index is 13.0. The van der Waals surface area contributed by atoms with E-state index in [4.69, 9.17) is 0 Å². The van der Waals surface area contributed by atoms with E-state index in [1.165, 1.54) is 29.0 Å². The van der Waals surface area contributed by atoms with Crippen molar-refractivity contribution in [3.8, 4) is 0 Å². The zero-order valence-electron chi connectivity index (χ0n) is 20.3. The first kappa shape index (κ1) is 24.8. The smallest absolute Gasteiger partial charge is 0.279 e. The quantitative estimate of drug-likeness (QED) is 0.456. The van der Waals surface area contributed by atoms with Gasteiger partial charge in [-0.2, -0.15) is 9.30 Å². The van der Waals surface area contributed by atoms with Gasteiger partial charge in [0.05, 0.1) is 15.1 Å². The van der Waals surface area contributed by atoms with Crippen LogP contribution in [0.4, 0.5) is 0 Å². The highest BCUT2D eigenvalue weighted by Gasteiger charge is 2.28. The summed E-state index contributed by atoms with van der Waals surface area (Å²) >= 11 is 1.52. The van der Waals surface area contributed by atoms with Gasteiger partial charge in [0.25, 0.3) is 5.91 Å². The monoisotopic (exact) mass is 499 g/mol. The highest BCUT2D eigenvalue weighted by Crippen LogP contribution is 2.25. The van der Waals surface area contributed by atoms with Gasteiger partial charge in [-0.3, -0.25) is 4.79 Å². The number of hydrogen-bond acceptors (Lipinski definition) is 4. The first-order chi connectivity index (χ1) is 16.2. The minimum absolute atomic E-state index is 0.225. The van der Waals surface area contributed by atoms with E-state index in [2.05, 4.69) is 55.5 Å². The minimum atomic E-state index is -3.54. The predicted octanol–water partition coefficient (Wildman–Crippen LogP) is 5.40. The molecule has 1 aromatic heterocycles. The Bertz CT molecular complexity index is 1340. The molecule has 8 heteroatoms. The zero-order chi connectivity index (χ0) is 24.5. The average molecular weight is 500 g/mol. The molecule has 0 bridgehead atoms. The Morgan fingerprint density at radius 1 is 1.12 bits per heavy atom. The fourth-order valence-corrected chi connectivity index (χ4v) is 6.84. The number of fused-ring (bicyclic) bond motifs is 1. The lowest BCUT2D eigenvalue weighted by Crippen LogP contribution is -2.37. The molecule has 2 aromatic carbocycles. The van der Waals surface area contributed by atoms with Gasteiger partial charge >= 0.3 is 0 Å². The van der Waals surface area contributed by atoms with Gasteiger partial charge in [0.2, 0.25) is 10.0 Å². The molecular weight excluding hydrogens is 466 g/mol. The molecule has 0 atom stereocenters. The molecule has 1 aliphatic heterocycles. The number of carbonyl (C=O) groups is 1. The summed E-state index contributed by atoms with van der Waals surface area (Å²) in [6.45, 7) is 10.4. The van der Waals surface area contributed by atoms with E-state index in [1.54, 1.807) is 16.4 Å². The lowest BCUT2D eigenvalue weighted by Gasteiger charge is -2.29. The maximum Gasteiger partial charge on any atom is 0.279 e. The summed E-state index contributed by atoms with van der Waals surface area (Å²) in [4.78, 5) is 18.3. The van der Waals surface area contributed by atoms with Crippen molar-refractivity contribution < 1.29 is 13.2 Å². The van der Waals surface area contributed by atoms with E-state index in [-0.39, 0.29) is 10.8 Å². The van der Waals surface area contributed by atoms with Crippen molar-refractivity contribution in [3.63, 3.8) is 0 Å². The Morgan fingerprint density at radius 2 is 1.79 bits per heavy atom. The van der Waals surface area contributed by atoms with Crippen LogP contribution in [0.25, 0.3) is 10.2 Å². The summed E-state index contributed by atoms with van der Waals surface area (Å²) in [5, 5.41) is 0. The van der Waals surface area contributed by atoms with Crippen LogP contribution >= 0.6 is 11.3 Å². The predicted molar refractivity (Wildman–Crippen MR) is 138 cm³/mol. The first-order valence-corrected chi connectivity index (χ1v) is 14.3. The van der Waals surface area contributed by atoms with Crippen LogP contribution in [0.1, 0.15) is 68.8 Å². The van der Waals surface area contributed by atoms with Crippen molar-refractivity contribution in [1.29, 1.82) is 0 Å². The molecule has 6 nitrogen and oxygen atoms in total. The van der Waals surface area contributed by atoms with Crippen LogP contribution in [0.15, 0.2) is 52.4 Å². The molecule has 1 amide bonds. The molecule has 1 aliphatic rings. The molecule has 3 aromatic rings. The van der Waals surface area contributed by atoms with Crippen molar-refractivity contribution in [1.82, 2.24) is 8.87 Å². The van der Waals surface area contributed by atoms with Crippen LogP contribution in [0.3, 0.4) is 0 Å². The molecule has 0 unspecified atom stereocenters. The number of piperidine rings is 1. The Labute approximate surface area is 206 Å². The van der Waals surface area contributed by atoms with Crippen LogP contribution in [0, 0.1) is 5.92 Å². The Morgan fingerprint density at radius 3 is 2.41 bits per heavy atom. The van der Waals surface area contributed by atoms with Gasteiger partial charge in [-0.05, 0) is 73.1 Å². The van der Waals surface area contributed by atoms with Crippen molar-refractivity contribution in [2.45, 2.75) is 64.3 Å². The van der Waals surface area contributed by atoms with Gasteiger partial charge in [0.1, 0.15) is 0 Å². The molecule has 182 valence electrons. The van der Waals surface area contributed by atoms with E-state index in [9.17, 15) is 13.2 Å². The van der Waals surface area contributed by atoms with E-state index >= 15 is 0 Å². The normalized spacial score (nSPS) is 16.6. The lowest BCUT2D eigenvalue weighted by atomic mass is 10.0. The number of sulfonamides is 1. The summed E-state index contributed by atoms with van der Waals surface area (Å²) in [7, 11) is -3.54. The summed E-state index contributed by atoms with van der Waals surface area (Å²) in [5.74, 6) is 0.613. The molecule has 1 fully saturated rings. The van der Waals surface area contributed by atoms with E-state index in [0.717, 1.165) is 36.0 Å². The summed E-state index contributed by atoms with van der Waals surface area (Å²) < 4.78 is 30.7. The van der Waals surface area contributed by atoms with Crippen molar-refractivity contribution in [2.75, 3.05) is 13.1 Å². The van der Waals surface area contributed by atoms with Gasteiger partial charge in [0, 0.05) is 25.2 Å². The third-order valence-electron chi connectivity index (χ3n) is 6.50. The lowest BCUT2D eigenvalue weighted by molar-refractivity contribution is 0.0997. The number of thiazole rings is 1. The third kappa shape index (κ3) is 5.04. The van der Waals surface area contributed by atoms with Crippen molar-refractivity contribution in [3.05, 3.63) is 58.4 Å². The first-order valence-electron chi connectivity index (χ1n) is 12.0. The number of hydrogen-bond donors (Lipinski definition) is 0. The molecule has 2 heterocycles. The molecule has 0 aliphatic carbocycles. The fraction of sp³-hybridized carbons (Fsp3) is 0.462. The minimum Gasteiger partial charge on any atom is -0.316 e. The summed E-state index contributed by atoms with van der Waals surface area (Å²) in [6, 6.07) is 12.6. The van der Waals surface area contributed by atoms with Gasteiger partial charge in [-0.1, -0.05) is 45.1 Å². The highest BCUT2D eigenvalue weighted by atomic mass is 32.2. The maximum atomic E-state index is 13.0. The molecule has 1 saturated heterocycles. The largest absolute Gasteiger partial charge is 0.316 e. The average Bonchev–Trinajstić information content (AvgIpc) is 3.15. The van der Waals surface area contributed by atoms with Crippen molar-refractivity contribution >= 4 is 37.5 Å². The fourth-order valence-electron chi connectivity index (χ4n) is 4.27. The van der Waals surface area contributed by atoms with Gasteiger partial charge in [-0.15, -0.1) is 0 Å². The Kier molecular flexibility index (Phi) is 7.40. The van der Waals surface area contributed by atoms with Gasteiger partial charge in [0.15, 0.2) is 4.80 Å². The van der Waals surface area contributed by atoms with Crippen molar-refractivity contribution in [2.24, 2.45) is 10.9 Å². The third-order valence-corrected chi connectivity index (χ3v) is 9.45. The second-order valence-electron chi connectivity index (χ2n) is 9.45. The summed E-state index contributed by atoms with van der Waals surface area (Å²) in [6.07, 6.45) is 2.68. The number of nitrogens with zero attached hydrogens (tertiary/aromatic N) is 3.